The lowest BCUT2D eigenvalue weighted by atomic mass is 9.89. The van der Waals surface area contributed by atoms with Crippen molar-refractivity contribution >= 4 is 16.6 Å². The number of hydrogen-bond acceptors (Lipinski definition) is 3. The van der Waals surface area contributed by atoms with Crippen LogP contribution in [0.3, 0.4) is 0 Å². The van der Waals surface area contributed by atoms with Crippen molar-refractivity contribution in [2.45, 2.75) is 51.7 Å². The Morgan fingerprint density at radius 1 is 1.38 bits per heavy atom. The lowest BCUT2D eigenvalue weighted by Crippen LogP contribution is -2.41. The van der Waals surface area contributed by atoms with Crippen molar-refractivity contribution in [1.82, 2.24) is 4.98 Å². The SMILES string of the molecule is CCC1(C)CC(Nc2ccc(C)c3ncccc23)CCO1. The number of nitrogens with one attached hydrogen (secondary N) is 1. The molecule has 2 unspecified atom stereocenters. The van der Waals surface area contributed by atoms with Gasteiger partial charge in [-0.3, -0.25) is 4.98 Å². The van der Waals surface area contributed by atoms with E-state index in [0.717, 1.165) is 31.4 Å². The Labute approximate surface area is 126 Å². The minimum Gasteiger partial charge on any atom is -0.382 e. The van der Waals surface area contributed by atoms with Crippen LogP contribution in [0, 0.1) is 6.92 Å². The topological polar surface area (TPSA) is 34.2 Å². The van der Waals surface area contributed by atoms with Crippen LogP contribution in [0.1, 0.15) is 38.7 Å². The molecule has 0 amide bonds. The smallest absolute Gasteiger partial charge is 0.0751 e. The second kappa shape index (κ2) is 5.64. The van der Waals surface area contributed by atoms with Gasteiger partial charge in [-0.05, 0) is 56.9 Å². The molecule has 1 aliphatic rings. The molecule has 2 aromatic rings. The predicted octanol–water partition coefficient (Wildman–Crippen LogP) is 4.30. The molecular formula is C18H24N2O. The number of pyridine rings is 1. The standard InChI is InChI=1S/C18H24N2O/c1-4-18(3)12-14(9-11-21-18)20-16-8-7-13(2)17-15(16)6-5-10-19-17/h5-8,10,14,20H,4,9,11-12H2,1-3H3. The van der Waals surface area contributed by atoms with E-state index in [2.05, 4.69) is 49.3 Å². The molecule has 1 saturated heterocycles. The molecular weight excluding hydrogens is 260 g/mol. The van der Waals surface area contributed by atoms with Crippen LogP contribution in [0.4, 0.5) is 5.69 Å². The van der Waals surface area contributed by atoms with E-state index in [1.54, 1.807) is 0 Å². The van der Waals surface area contributed by atoms with Crippen molar-refractivity contribution in [2.75, 3.05) is 11.9 Å². The lowest BCUT2D eigenvalue weighted by molar-refractivity contribution is -0.0708. The maximum absolute atomic E-state index is 5.94. The van der Waals surface area contributed by atoms with E-state index in [0.29, 0.717) is 6.04 Å². The van der Waals surface area contributed by atoms with Crippen LogP contribution in [0.2, 0.25) is 0 Å². The van der Waals surface area contributed by atoms with Crippen LogP contribution in [0.25, 0.3) is 10.9 Å². The first-order valence-corrected chi connectivity index (χ1v) is 7.86. The number of rotatable bonds is 3. The first-order chi connectivity index (χ1) is 10.1. The van der Waals surface area contributed by atoms with Gasteiger partial charge in [-0.25, -0.2) is 0 Å². The van der Waals surface area contributed by atoms with Crippen molar-refractivity contribution in [3.8, 4) is 0 Å². The fraction of sp³-hybridized carbons (Fsp3) is 0.500. The van der Waals surface area contributed by atoms with Gasteiger partial charge in [0.15, 0.2) is 0 Å². The van der Waals surface area contributed by atoms with Crippen molar-refractivity contribution < 1.29 is 4.74 Å². The summed E-state index contributed by atoms with van der Waals surface area (Å²) in [5.74, 6) is 0. The molecule has 1 N–H and O–H groups in total. The van der Waals surface area contributed by atoms with E-state index in [4.69, 9.17) is 4.74 Å². The summed E-state index contributed by atoms with van der Waals surface area (Å²) in [6.07, 6.45) is 5.04. The normalized spacial score (nSPS) is 26.0. The minimum absolute atomic E-state index is 0.00860. The summed E-state index contributed by atoms with van der Waals surface area (Å²) >= 11 is 0. The highest BCUT2D eigenvalue weighted by molar-refractivity contribution is 5.93. The molecule has 21 heavy (non-hydrogen) atoms. The number of aryl methyl sites for hydroxylation is 1. The summed E-state index contributed by atoms with van der Waals surface area (Å²) in [7, 11) is 0. The Balaban J connectivity index is 1.87. The highest BCUT2D eigenvalue weighted by Gasteiger charge is 2.31. The molecule has 3 nitrogen and oxygen atoms in total. The van der Waals surface area contributed by atoms with Crippen LogP contribution in [0.5, 0.6) is 0 Å². The van der Waals surface area contributed by atoms with Gasteiger partial charge in [0.25, 0.3) is 0 Å². The largest absolute Gasteiger partial charge is 0.382 e. The molecule has 0 bridgehead atoms. The summed E-state index contributed by atoms with van der Waals surface area (Å²) in [4.78, 5) is 4.51. The quantitative estimate of drug-likeness (QED) is 0.912. The Morgan fingerprint density at radius 2 is 2.24 bits per heavy atom. The van der Waals surface area contributed by atoms with E-state index in [-0.39, 0.29) is 5.60 Å². The Morgan fingerprint density at radius 3 is 3.05 bits per heavy atom. The van der Waals surface area contributed by atoms with Crippen LogP contribution < -0.4 is 5.32 Å². The average molecular weight is 284 g/mol. The van der Waals surface area contributed by atoms with Crippen LogP contribution in [-0.4, -0.2) is 23.2 Å². The minimum atomic E-state index is 0.00860. The number of benzene rings is 1. The third-order valence-electron chi connectivity index (χ3n) is 4.67. The summed E-state index contributed by atoms with van der Waals surface area (Å²) in [6.45, 7) is 7.37. The average Bonchev–Trinajstić information content (AvgIpc) is 2.51. The first kappa shape index (κ1) is 14.3. The second-order valence-electron chi connectivity index (χ2n) is 6.32. The second-order valence-corrected chi connectivity index (χ2v) is 6.32. The summed E-state index contributed by atoms with van der Waals surface area (Å²) < 4.78 is 5.94. The molecule has 0 aliphatic carbocycles. The predicted molar refractivity (Wildman–Crippen MR) is 87.8 cm³/mol. The molecule has 112 valence electrons. The van der Waals surface area contributed by atoms with Gasteiger partial charge in [-0.15, -0.1) is 0 Å². The highest BCUT2D eigenvalue weighted by Crippen LogP contribution is 2.31. The Hall–Kier alpha value is -1.61. The number of hydrogen-bond donors (Lipinski definition) is 1. The zero-order valence-corrected chi connectivity index (χ0v) is 13.1. The molecule has 2 atom stereocenters. The Kier molecular flexibility index (Phi) is 3.85. The zero-order chi connectivity index (χ0) is 14.9. The molecule has 3 heteroatoms. The molecule has 0 saturated carbocycles. The van der Waals surface area contributed by atoms with Gasteiger partial charge in [0.1, 0.15) is 0 Å². The van der Waals surface area contributed by atoms with Gasteiger partial charge in [0.2, 0.25) is 0 Å². The molecule has 0 spiro atoms. The maximum Gasteiger partial charge on any atom is 0.0751 e. The summed E-state index contributed by atoms with van der Waals surface area (Å²) in [5, 5.41) is 4.93. The number of nitrogens with zero attached hydrogens (tertiary/aromatic N) is 1. The third kappa shape index (κ3) is 2.88. The fourth-order valence-corrected chi connectivity index (χ4v) is 3.16. The van der Waals surface area contributed by atoms with Crippen LogP contribution >= 0.6 is 0 Å². The van der Waals surface area contributed by atoms with Crippen LogP contribution in [0.15, 0.2) is 30.5 Å². The number of fused-ring (bicyclic) bond motifs is 1. The number of ether oxygens (including phenoxy) is 1. The molecule has 1 aromatic carbocycles. The van der Waals surface area contributed by atoms with Gasteiger partial charge >= 0.3 is 0 Å². The van der Waals surface area contributed by atoms with Gasteiger partial charge in [-0.2, -0.15) is 0 Å². The Bertz CT molecular complexity index is 640. The van der Waals surface area contributed by atoms with Crippen molar-refractivity contribution in [3.05, 3.63) is 36.0 Å². The third-order valence-corrected chi connectivity index (χ3v) is 4.67. The van der Waals surface area contributed by atoms with E-state index in [1.807, 2.05) is 12.3 Å². The zero-order valence-electron chi connectivity index (χ0n) is 13.1. The molecule has 0 radical (unpaired) electrons. The first-order valence-electron chi connectivity index (χ1n) is 7.86. The summed E-state index contributed by atoms with van der Waals surface area (Å²) in [6, 6.07) is 8.95. The molecule has 1 fully saturated rings. The van der Waals surface area contributed by atoms with Gasteiger partial charge in [0.05, 0.1) is 11.1 Å². The van der Waals surface area contributed by atoms with E-state index >= 15 is 0 Å². The van der Waals surface area contributed by atoms with Gasteiger partial charge < -0.3 is 10.1 Å². The van der Waals surface area contributed by atoms with E-state index in [1.165, 1.54) is 16.6 Å². The van der Waals surface area contributed by atoms with Crippen molar-refractivity contribution in [3.63, 3.8) is 0 Å². The molecule has 1 aromatic heterocycles. The number of anilines is 1. The molecule has 3 rings (SSSR count). The number of aromatic nitrogens is 1. The summed E-state index contributed by atoms with van der Waals surface area (Å²) in [5.41, 5.74) is 3.51. The van der Waals surface area contributed by atoms with Gasteiger partial charge in [-0.1, -0.05) is 13.0 Å². The molecule has 2 heterocycles. The maximum atomic E-state index is 5.94. The monoisotopic (exact) mass is 284 g/mol. The van der Waals surface area contributed by atoms with E-state index in [9.17, 15) is 0 Å². The van der Waals surface area contributed by atoms with Crippen molar-refractivity contribution in [2.24, 2.45) is 0 Å². The van der Waals surface area contributed by atoms with Gasteiger partial charge in [0, 0.05) is 29.9 Å². The fourth-order valence-electron chi connectivity index (χ4n) is 3.16. The van der Waals surface area contributed by atoms with Crippen LogP contribution in [-0.2, 0) is 4.74 Å². The van der Waals surface area contributed by atoms with E-state index < -0.39 is 0 Å². The van der Waals surface area contributed by atoms with Crippen molar-refractivity contribution in [1.29, 1.82) is 0 Å². The highest BCUT2D eigenvalue weighted by atomic mass is 16.5. The lowest BCUT2D eigenvalue weighted by Gasteiger charge is -2.38. The molecule has 1 aliphatic heterocycles.